The van der Waals surface area contributed by atoms with Gasteiger partial charge >= 0.3 is 0 Å². The molecule has 4 N–H and O–H groups in total. The van der Waals surface area contributed by atoms with Crippen molar-refractivity contribution in [1.29, 1.82) is 0 Å². The van der Waals surface area contributed by atoms with Gasteiger partial charge in [0.2, 0.25) is 17.8 Å². The van der Waals surface area contributed by atoms with Crippen LogP contribution in [0.15, 0.2) is 28.7 Å². The zero-order valence-electron chi connectivity index (χ0n) is 14.9. The molecule has 2 aliphatic heterocycles. The van der Waals surface area contributed by atoms with Crippen molar-refractivity contribution in [3.8, 4) is 0 Å². The van der Waals surface area contributed by atoms with Gasteiger partial charge < -0.3 is 26.0 Å². The van der Waals surface area contributed by atoms with Crippen LogP contribution in [-0.4, -0.2) is 48.1 Å². The van der Waals surface area contributed by atoms with E-state index in [1.54, 1.807) is 12.1 Å². The average molecular weight is 447 g/mol. The molecule has 2 aliphatic rings. The van der Waals surface area contributed by atoms with Crippen molar-refractivity contribution in [3.05, 3.63) is 34.3 Å². The fraction of sp³-hybridized carbons (Fsp3) is 0.333. The van der Waals surface area contributed by atoms with Crippen molar-refractivity contribution in [2.24, 2.45) is 0 Å². The van der Waals surface area contributed by atoms with E-state index in [1.807, 2.05) is 17.0 Å². The van der Waals surface area contributed by atoms with Crippen molar-refractivity contribution in [2.75, 3.05) is 47.6 Å². The fourth-order valence-electron chi connectivity index (χ4n) is 3.28. The molecule has 1 fully saturated rings. The highest BCUT2D eigenvalue weighted by molar-refractivity contribution is 9.10. The summed E-state index contributed by atoms with van der Waals surface area (Å²) >= 11 is 3.36. The number of hydrogen-bond donors (Lipinski definition) is 3. The summed E-state index contributed by atoms with van der Waals surface area (Å²) in [7, 11) is 0. The van der Waals surface area contributed by atoms with E-state index in [2.05, 4.69) is 36.5 Å². The lowest BCUT2D eigenvalue weighted by atomic mass is 9.92. The molecular formula is C18H19BrN6O3. The Kier molecular flexibility index (Phi) is 5.14. The first kappa shape index (κ1) is 18.6. The number of nitrogen functional groups attached to an aromatic ring is 1. The normalized spacial score (nSPS) is 19.0. The van der Waals surface area contributed by atoms with Gasteiger partial charge in [0.1, 0.15) is 11.6 Å². The number of nitrogens with zero attached hydrogens (tertiary/aromatic N) is 3. The van der Waals surface area contributed by atoms with E-state index in [-0.39, 0.29) is 24.1 Å². The molecule has 0 radical (unpaired) electrons. The number of anilines is 4. The molecule has 10 heteroatoms. The van der Waals surface area contributed by atoms with Crippen LogP contribution in [-0.2, 0) is 14.3 Å². The predicted molar refractivity (Wildman–Crippen MR) is 108 cm³/mol. The van der Waals surface area contributed by atoms with Gasteiger partial charge in [-0.15, -0.1) is 0 Å². The molecule has 9 nitrogen and oxygen atoms in total. The number of ether oxygens (including phenoxy) is 1. The van der Waals surface area contributed by atoms with Crippen LogP contribution in [0.4, 0.5) is 23.3 Å². The number of nitrogens with one attached hydrogen (secondary N) is 2. The van der Waals surface area contributed by atoms with Gasteiger partial charge in [-0.1, -0.05) is 15.9 Å². The van der Waals surface area contributed by atoms with Crippen LogP contribution in [0.5, 0.6) is 0 Å². The van der Waals surface area contributed by atoms with Gasteiger partial charge in [-0.25, -0.2) is 0 Å². The third-order valence-electron chi connectivity index (χ3n) is 4.68. The van der Waals surface area contributed by atoms with Crippen molar-refractivity contribution < 1.29 is 14.3 Å². The summed E-state index contributed by atoms with van der Waals surface area (Å²) in [5, 5.41) is 5.55. The molecule has 0 saturated carbocycles. The third-order valence-corrected chi connectivity index (χ3v) is 5.21. The number of hydrogen-bond acceptors (Lipinski definition) is 7. The first-order chi connectivity index (χ1) is 13.5. The minimum Gasteiger partial charge on any atom is -0.383 e. The summed E-state index contributed by atoms with van der Waals surface area (Å²) in [5.74, 6) is -0.453. The summed E-state index contributed by atoms with van der Waals surface area (Å²) in [6, 6.07) is 7.19. The van der Waals surface area contributed by atoms with E-state index < -0.39 is 5.92 Å². The Bertz CT molecular complexity index is 914. The monoisotopic (exact) mass is 446 g/mol. The quantitative estimate of drug-likeness (QED) is 0.655. The van der Waals surface area contributed by atoms with Crippen LogP contribution in [0.1, 0.15) is 17.9 Å². The highest BCUT2D eigenvalue weighted by Crippen LogP contribution is 2.36. The minimum absolute atomic E-state index is 0.0141. The number of benzene rings is 1. The maximum atomic E-state index is 12.9. The first-order valence-corrected chi connectivity index (χ1v) is 9.67. The number of carbonyl (C=O) groups is 2. The van der Waals surface area contributed by atoms with Crippen LogP contribution in [0.2, 0.25) is 0 Å². The van der Waals surface area contributed by atoms with Crippen LogP contribution in [0, 0.1) is 0 Å². The van der Waals surface area contributed by atoms with E-state index in [4.69, 9.17) is 10.5 Å². The van der Waals surface area contributed by atoms with Gasteiger partial charge in [0.15, 0.2) is 0 Å². The molecule has 1 aromatic carbocycles. The van der Waals surface area contributed by atoms with Crippen LogP contribution < -0.4 is 21.3 Å². The number of rotatable bonds is 3. The molecular weight excluding hydrogens is 428 g/mol. The number of aromatic nitrogens is 2. The Hall–Kier alpha value is -2.72. The minimum atomic E-state index is -0.758. The number of halogens is 1. The van der Waals surface area contributed by atoms with E-state index >= 15 is 0 Å². The Morgan fingerprint density at radius 1 is 1.25 bits per heavy atom. The van der Waals surface area contributed by atoms with Crippen molar-refractivity contribution in [2.45, 2.75) is 12.3 Å². The molecule has 2 amide bonds. The Morgan fingerprint density at radius 3 is 2.68 bits per heavy atom. The Balaban J connectivity index is 1.63. The third kappa shape index (κ3) is 3.78. The largest absolute Gasteiger partial charge is 0.383 e. The van der Waals surface area contributed by atoms with E-state index in [9.17, 15) is 9.59 Å². The second kappa shape index (κ2) is 7.72. The highest BCUT2D eigenvalue weighted by atomic mass is 79.9. The summed E-state index contributed by atoms with van der Waals surface area (Å²) in [4.78, 5) is 35.9. The van der Waals surface area contributed by atoms with E-state index in [0.29, 0.717) is 49.3 Å². The lowest BCUT2D eigenvalue weighted by Crippen LogP contribution is -2.38. The lowest BCUT2D eigenvalue weighted by molar-refractivity contribution is -0.123. The van der Waals surface area contributed by atoms with Crippen molar-refractivity contribution in [3.63, 3.8) is 0 Å². The van der Waals surface area contributed by atoms with Gasteiger partial charge in [0.05, 0.1) is 24.7 Å². The SMILES string of the molecule is Nc1nc(N2CCOCC2)nc2c1C(C(=O)Nc1ccc(Br)cc1)CC(=O)N2. The maximum Gasteiger partial charge on any atom is 0.232 e. The fourth-order valence-corrected chi connectivity index (χ4v) is 3.54. The lowest BCUT2D eigenvalue weighted by Gasteiger charge is -2.30. The summed E-state index contributed by atoms with van der Waals surface area (Å²) in [6.07, 6.45) is -0.0141. The molecule has 146 valence electrons. The number of morpholine rings is 1. The van der Waals surface area contributed by atoms with E-state index in [1.165, 1.54) is 0 Å². The molecule has 3 heterocycles. The van der Waals surface area contributed by atoms with Gasteiger partial charge in [-0.3, -0.25) is 9.59 Å². The molecule has 1 aromatic heterocycles. The predicted octanol–water partition coefficient (Wildman–Crippen LogP) is 1.72. The average Bonchev–Trinajstić information content (AvgIpc) is 2.69. The van der Waals surface area contributed by atoms with Gasteiger partial charge in [0.25, 0.3) is 0 Å². The smallest absolute Gasteiger partial charge is 0.232 e. The topological polar surface area (TPSA) is 122 Å². The van der Waals surface area contributed by atoms with Gasteiger partial charge in [-0.05, 0) is 24.3 Å². The maximum absolute atomic E-state index is 12.9. The molecule has 0 bridgehead atoms. The summed E-state index contributed by atoms with van der Waals surface area (Å²) in [5.41, 5.74) is 7.27. The molecule has 28 heavy (non-hydrogen) atoms. The Morgan fingerprint density at radius 2 is 1.96 bits per heavy atom. The second-order valence-electron chi connectivity index (χ2n) is 6.57. The molecule has 2 aromatic rings. The molecule has 1 unspecified atom stereocenters. The zero-order valence-corrected chi connectivity index (χ0v) is 16.5. The van der Waals surface area contributed by atoms with Crippen molar-refractivity contribution in [1.82, 2.24) is 9.97 Å². The first-order valence-electron chi connectivity index (χ1n) is 8.87. The summed E-state index contributed by atoms with van der Waals surface area (Å²) in [6.45, 7) is 2.43. The van der Waals surface area contributed by atoms with Crippen molar-refractivity contribution >= 4 is 51.0 Å². The van der Waals surface area contributed by atoms with E-state index in [0.717, 1.165) is 4.47 Å². The molecule has 0 aliphatic carbocycles. The molecule has 0 spiro atoms. The Labute approximate surface area is 169 Å². The number of carbonyl (C=O) groups excluding carboxylic acids is 2. The van der Waals surface area contributed by atoms with Crippen LogP contribution in [0.3, 0.4) is 0 Å². The zero-order chi connectivity index (χ0) is 19.7. The van der Waals surface area contributed by atoms with Gasteiger partial charge in [-0.2, -0.15) is 9.97 Å². The van der Waals surface area contributed by atoms with Crippen LogP contribution in [0.25, 0.3) is 0 Å². The van der Waals surface area contributed by atoms with Crippen LogP contribution >= 0.6 is 15.9 Å². The van der Waals surface area contributed by atoms with Gasteiger partial charge in [0, 0.05) is 29.7 Å². The molecule has 1 atom stereocenters. The number of nitrogens with two attached hydrogens (primary N) is 1. The molecule has 1 saturated heterocycles. The second-order valence-corrected chi connectivity index (χ2v) is 7.49. The number of amides is 2. The standard InChI is InChI=1S/C18H19BrN6O3/c19-10-1-3-11(4-2-10)21-17(27)12-9-13(26)22-16-14(12)15(20)23-18(24-16)25-5-7-28-8-6-25/h1-4,12H,5-9H2,(H,21,27)(H3,20,22,23,24,26). The highest BCUT2D eigenvalue weighted by Gasteiger charge is 2.35. The summed E-state index contributed by atoms with van der Waals surface area (Å²) < 4.78 is 6.24. The number of fused-ring (bicyclic) bond motifs is 1. The molecule has 4 rings (SSSR count).